The molecule has 90 valence electrons. The predicted octanol–water partition coefficient (Wildman–Crippen LogP) is 2.22. The van der Waals surface area contributed by atoms with Gasteiger partial charge in [-0.3, -0.25) is 0 Å². The van der Waals surface area contributed by atoms with Crippen LogP contribution in [0.4, 0.5) is 4.39 Å². The zero-order chi connectivity index (χ0) is 12.0. The predicted molar refractivity (Wildman–Crippen MR) is 66.0 cm³/mol. The second kappa shape index (κ2) is 6.61. The van der Waals surface area contributed by atoms with Gasteiger partial charge in [0.15, 0.2) is 0 Å². The summed E-state index contributed by atoms with van der Waals surface area (Å²) in [6, 6.07) is 5.85. The van der Waals surface area contributed by atoms with Crippen molar-refractivity contribution in [3.63, 3.8) is 0 Å². The summed E-state index contributed by atoms with van der Waals surface area (Å²) in [4.78, 5) is 0. The molecule has 3 heteroatoms. The molecule has 1 rings (SSSR count). The number of benzene rings is 1. The maximum Gasteiger partial charge on any atom is 0.127 e. The first kappa shape index (κ1) is 13.1. The fourth-order valence-corrected chi connectivity index (χ4v) is 1.47. The average molecular weight is 224 g/mol. The van der Waals surface area contributed by atoms with Gasteiger partial charge in [-0.05, 0) is 18.6 Å². The van der Waals surface area contributed by atoms with E-state index in [4.69, 9.17) is 0 Å². The molecule has 1 aromatic carbocycles. The lowest BCUT2D eigenvalue weighted by Crippen LogP contribution is -2.31. The van der Waals surface area contributed by atoms with Gasteiger partial charge in [0, 0.05) is 31.2 Å². The molecular weight excluding hydrogens is 203 g/mol. The first-order valence-electron chi connectivity index (χ1n) is 5.78. The highest BCUT2D eigenvalue weighted by Crippen LogP contribution is 2.09. The standard InChI is InChI=1S/C13H21FN2/c1-10(2)16-7-6-15-9-12-5-4-11(3)8-13(12)14/h4-5,8,10,15-16H,6-7,9H2,1-3H3. The molecule has 0 saturated heterocycles. The lowest BCUT2D eigenvalue weighted by molar-refractivity contribution is 0.544. The summed E-state index contributed by atoms with van der Waals surface area (Å²) in [5, 5.41) is 6.51. The van der Waals surface area contributed by atoms with Crippen LogP contribution in [0.15, 0.2) is 18.2 Å². The third kappa shape index (κ3) is 4.73. The Morgan fingerprint density at radius 2 is 2.00 bits per heavy atom. The minimum Gasteiger partial charge on any atom is -0.313 e. The van der Waals surface area contributed by atoms with Gasteiger partial charge in [-0.2, -0.15) is 0 Å². The Morgan fingerprint density at radius 1 is 1.25 bits per heavy atom. The minimum absolute atomic E-state index is 0.121. The zero-order valence-electron chi connectivity index (χ0n) is 10.3. The SMILES string of the molecule is Cc1ccc(CNCCNC(C)C)c(F)c1. The lowest BCUT2D eigenvalue weighted by Gasteiger charge is -2.09. The summed E-state index contributed by atoms with van der Waals surface area (Å²) in [5.74, 6) is -0.121. The monoisotopic (exact) mass is 224 g/mol. The Hall–Kier alpha value is -0.930. The van der Waals surface area contributed by atoms with Crippen LogP contribution >= 0.6 is 0 Å². The van der Waals surface area contributed by atoms with Crippen molar-refractivity contribution in [2.24, 2.45) is 0 Å². The average Bonchev–Trinajstić information content (AvgIpc) is 2.20. The van der Waals surface area contributed by atoms with Crippen LogP contribution in [-0.2, 0) is 6.54 Å². The maximum absolute atomic E-state index is 13.4. The van der Waals surface area contributed by atoms with E-state index in [9.17, 15) is 4.39 Å². The van der Waals surface area contributed by atoms with Gasteiger partial charge in [0.2, 0.25) is 0 Å². The Bertz CT molecular complexity index is 324. The van der Waals surface area contributed by atoms with Crippen molar-refractivity contribution in [2.75, 3.05) is 13.1 Å². The van der Waals surface area contributed by atoms with E-state index in [2.05, 4.69) is 24.5 Å². The van der Waals surface area contributed by atoms with Gasteiger partial charge in [-0.25, -0.2) is 4.39 Å². The van der Waals surface area contributed by atoms with Crippen LogP contribution in [0.25, 0.3) is 0 Å². The number of rotatable bonds is 6. The van der Waals surface area contributed by atoms with Crippen LogP contribution in [0.1, 0.15) is 25.0 Å². The maximum atomic E-state index is 13.4. The Kier molecular flexibility index (Phi) is 5.43. The molecule has 0 aromatic heterocycles. The Labute approximate surface area is 97.3 Å². The van der Waals surface area contributed by atoms with Crippen molar-refractivity contribution in [1.82, 2.24) is 10.6 Å². The molecule has 1 aromatic rings. The van der Waals surface area contributed by atoms with E-state index < -0.39 is 0 Å². The van der Waals surface area contributed by atoms with E-state index >= 15 is 0 Å². The van der Waals surface area contributed by atoms with Gasteiger partial charge in [0.25, 0.3) is 0 Å². The van der Waals surface area contributed by atoms with Crippen LogP contribution in [0.2, 0.25) is 0 Å². The van der Waals surface area contributed by atoms with E-state index in [-0.39, 0.29) is 5.82 Å². The molecule has 0 heterocycles. The number of aryl methyl sites for hydroxylation is 1. The second-order valence-electron chi connectivity index (χ2n) is 4.38. The molecule has 0 aliphatic heterocycles. The lowest BCUT2D eigenvalue weighted by atomic mass is 10.1. The molecule has 0 unspecified atom stereocenters. The second-order valence-corrected chi connectivity index (χ2v) is 4.38. The van der Waals surface area contributed by atoms with Gasteiger partial charge in [-0.15, -0.1) is 0 Å². The smallest absolute Gasteiger partial charge is 0.127 e. The van der Waals surface area contributed by atoms with E-state index in [1.165, 1.54) is 0 Å². The third-order valence-electron chi connectivity index (χ3n) is 2.38. The molecule has 0 aliphatic rings. The highest BCUT2D eigenvalue weighted by atomic mass is 19.1. The third-order valence-corrected chi connectivity index (χ3v) is 2.38. The summed E-state index contributed by atoms with van der Waals surface area (Å²) in [7, 11) is 0. The molecule has 0 fully saturated rings. The number of hydrogen-bond acceptors (Lipinski definition) is 2. The molecule has 0 bridgehead atoms. The zero-order valence-corrected chi connectivity index (χ0v) is 10.3. The van der Waals surface area contributed by atoms with Crippen LogP contribution in [0.5, 0.6) is 0 Å². The van der Waals surface area contributed by atoms with Gasteiger partial charge in [0.1, 0.15) is 5.82 Å². The van der Waals surface area contributed by atoms with Crippen molar-refractivity contribution in [3.05, 3.63) is 35.1 Å². The molecule has 0 radical (unpaired) electrons. The molecule has 16 heavy (non-hydrogen) atoms. The van der Waals surface area contributed by atoms with Gasteiger partial charge in [-0.1, -0.05) is 26.0 Å². The summed E-state index contributed by atoms with van der Waals surface area (Å²) in [5.41, 5.74) is 1.69. The molecular formula is C13H21FN2. The molecule has 0 spiro atoms. The molecule has 2 N–H and O–H groups in total. The summed E-state index contributed by atoms with van der Waals surface area (Å²) in [6.45, 7) is 8.47. The quantitative estimate of drug-likeness (QED) is 0.724. The minimum atomic E-state index is -0.121. The van der Waals surface area contributed by atoms with E-state index in [0.29, 0.717) is 12.6 Å². The number of nitrogens with one attached hydrogen (secondary N) is 2. The van der Waals surface area contributed by atoms with Crippen LogP contribution in [0.3, 0.4) is 0 Å². The van der Waals surface area contributed by atoms with Crippen molar-refractivity contribution in [2.45, 2.75) is 33.4 Å². The van der Waals surface area contributed by atoms with Crippen molar-refractivity contribution in [1.29, 1.82) is 0 Å². The van der Waals surface area contributed by atoms with Crippen molar-refractivity contribution >= 4 is 0 Å². The molecule has 0 saturated carbocycles. The molecule has 2 nitrogen and oxygen atoms in total. The largest absolute Gasteiger partial charge is 0.313 e. The van der Waals surface area contributed by atoms with Crippen LogP contribution < -0.4 is 10.6 Å². The van der Waals surface area contributed by atoms with Gasteiger partial charge < -0.3 is 10.6 Å². The fourth-order valence-electron chi connectivity index (χ4n) is 1.47. The Balaban J connectivity index is 2.27. The summed E-state index contributed by atoms with van der Waals surface area (Å²) < 4.78 is 13.4. The normalized spacial score (nSPS) is 11.1. The van der Waals surface area contributed by atoms with Gasteiger partial charge >= 0.3 is 0 Å². The summed E-state index contributed by atoms with van der Waals surface area (Å²) >= 11 is 0. The van der Waals surface area contributed by atoms with Crippen LogP contribution in [-0.4, -0.2) is 19.1 Å². The van der Waals surface area contributed by atoms with Crippen molar-refractivity contribution in [3.8, 4) is 0 Å². The topological polar surface area (TPSA) is 24.1 Å². The van der Waals surface area contributed by atoms with E-state index in [1.807, 2.05) is 19.1 Å². The number of hydrogen-bond donors (Lipinski definition) is 2. The summed E-state index contributed by atoms with van der Waals surface area (Å²) in [6.07, 6.45) is 0. The van der Waals surface area contributed by atoms with E-state index in [1.54, 1.807) is 6.07 Å². The van der Waals surface area contributed by atoms with Crippen LogP contribution in [0, 0.1) is 12.7 Å². The molecule has 0 amide bonds. The van der Waals surface area contributed by atoms with Crippen molar-refractivity contribution < 1.29 is 4.39 Å². The Morgan fingerprint density at radius 3 is 2.62 bits per heavy atom. The first-order chi connectivity index (χ1) is 7.59. The van der Waals surface area contributed by atoms with Gasteiger partial charge in [0.05, 0.1) is 0 Å². The molecule has 0 atom stereocenters. The van der Waals surface area contributed by atoms with E-state index in [0.717, 1.165) is 24.2 Å². The number of halogens is 1. The highest BCUT2D eigenvalue weighted by Gasteiger charge is 2.01. The fraction of sp³-hybridized carbons (Fsp3) is 0.538. The first-order valence-corrected chi connectivity index (χ1v) is 5.78. The molecule has 0 aliphatic carbocycles. The highest BCUT2D eigenvalue weighted by molar-refractivity contribution is 5.23.